The Hall–Kier alpha value is -2.67. The monoisotopic (exact) mass is 369 g/mol. The van der Waals surface area contributed by atoms with E-state index in [-0.39, 0.29) is 24.1 Å². The zero-order valence-electron chi connectivity index (χ0n) is 14.3. The first kappa shape index (κ1) is 16.8. The van der Waals surface area contributed by atoms with Crippen LogP contribution in [0.1, 0.15) is 24.4 Å². The number of carbonyl (C=O) groups excluding carboxylic acids is 1. The quantitative estimate of drug-likeness (QED) is 0.725. The van der Waals surface area contributed by atoms with Gasteiger partial charge in [-0.15, -0.1) is 11.3 Å². The molecule has 2 aromatic heterocycles. The number of carbonyl (C=O) groups is 1. The third kappa shape index (κ3) is 3.35. The van der Waals surface area contributed by atoms with Crippen LogP contribution < -0.4 is 15.6 Å². The summed E-state index contributed by atoms with van der Waals surface area (Å²) in [6.07, 6.45) is 3.63. The Kier molecular flexibility index (Phi) is 4.46. The summed E-state index contributed by atoms with van der Waals surface area (Å²) < 4.78 is 7.14. The maximum atomic E-state index is 12.6. The molecule has 0 saturated heterocycles. The van der Waals surface area contributed by atoms with Gasteiger partial charge in [-0.1, -0.05) is 12.1 Å². The van der Waals surface area contributed by atoms with Gasteiger partial charge in [0.15, 0.2) is 0 Å². The number of nitrogens with zero attached hydrogens (tertiary/aromatic N) is 2. The average molecular weight is 369 g/mol. The molecule has 1 N–H and O–H groups in total. The number of rotatable bonds is 6. The second-order valence-corrected chi connectivity index (χ2v) is 7.38. The lowest BCUT2D eigenvalue weighted by Crippen LogP contribution is -2.35. The van der Waals surface area contributed by atoms with Crippen LogP contribution >= 0.6 is 11.3 Å². The summed E-state index contributed by atoms with van der Waals surface area (Å²) in [6.45, 7) is -0.0287. The Morgan fingerprint density at radius 2 is 2.12 bits per heavy atom. The number of methoxy groups -OCH3 is 1. The molecule has 0 unspecified atom stereocenters. The molecule has 6 nitrogen and oxygen atoms in total. The molecule has 0 bridgehead atoms. The molecule has 0 radical (unpaired) electrons. The Bertz CT molecular complexity index is 989. The predicted octanol–water partition coefficient (Wildman–Crippen LogP) is 2.73. The lowest BCUT2D eigenvalue weighted by atomic mass is 10.0. The van der Waals surface area contributed by atoms with Gasteiger partial charge < -0.3 is 10.1 Å². The SMILES string of the molecule is COc1ccc([C@@H](NC(=O)Cn2cnc3ccsc3c2=O)C2CC2)cc1. The Morgan fingerprint density at radius 3 is 2.81 bits per heavy atom. The van der Waals surface area contributed by atoms with Gasteiger partial charge in [-0.25, -0.2) is 4.98 Å². The molecule has 134 valence electrons. The molecule has 1 aliphatic carbocycles. The van der Waals surface area contributed by atoms with Crippen molar-refractivity contribution in [3.05, 3.63) is 58.0 Å². The van der Waals surface area contributed by atoms with Gasteiger partial charge in [0, 0.05) is 0 Å². The van der Waals surface area contributed by atoms with Crippen molar-refractivity contribution in [1.82, 2.24) is 14.9 Å². The van der Waals surface area contributed by atoms with Crippen LogP contribution in [0.25, 0.3) is 10.2 Å². The predicted molar refractivity (Wildman–Crippen MR) is 100 cm³/mol. The van der Waals surface area contributed by atoms with E-state index >= 15 is 0 Å². The molecule has 0 spiro atoms. The van der Waals surface area contributed by atoms with Crippen LogP contribution in [0.2, 0.25) is 0 Å². The second kappa shape index (κ2) is 6.92. The van der Waals surface area contributed by atoms with E-state index in [0.717, 1.165) is 24.2 Å². The van der Waals surface area contributed by atoms with Crippen LogP contribution in [0.4, 0.5) is 0 Å². The van der Waals surface area contributed by atoms with Gasteiger partial charge in [0.2, 0.25) is 5.91 Å². The molecule has 7 heteroatoms. The number of ether oxygens (including phenoxy) is 1. The van der Waals surface area contributed by atoms with Crippen LogP contribution in [0, 0.1) is 5.92 Å². The summed E-state index contributed by atoms with van der Waals surface area (Å²) in [6, 6.07) is 9.52. The topological polar surface area (TPSA) is 73.2 Å². The van der Waals surface area contributed by atoms with E-state index in [9.17, 15) is 9.59 Å². The highest BCUT2D eigenvalue weighted by molar-refractivity contribution is 7.17. The van der Waals surface area contributed by atoms with Gasteiger partial charge in [-0.3, -0.25) is 14.2 Å². The number of benzene rings is 1. The van der Waals surface area contributed by atoms with Crippen molar-refractivity contribution in [2.24, 2.45) is 5.92 Å². The number of fused-ring (bicyclic) bond motifs is 1. The van der Waals surface area contributed by atoms with Crippen molar-refractivity contribution in [3.63, 3.8) is 0 Å². The summed E-state index contributed by atoms with van der Waals surface area (Å²) in [4.78, 5) is 29.2. The van der Waals surface area contributed by atoms with Gasteiger partial charge >= 0.3 is 0 Å². The van der Waals surface area contributed by atoms with Crippen molar-refractivity contribution in [2.45, 2.75) is 25.4 Å². The van der Waals surface area contributed by atoms with Crippen molar-refractivity contribution >= 4 is 27.5 Å². The van der Waals surface area contributed by atoms with Crippen LogP contribution in [0.3, 0.4) is 0 Å². The fourth-order valence-corrected chi connectivity index (χ4v) is 3.87. The highest BCUT2D eigenvalue weighted by atomic mass is 32.1. The van der Waals surface area contributed by atoms with Crippen LogP contribution in [0.5, 0.6) is 5.75 Å². The van der Waals surface area contributed by atoms with E-state index in [1.165, 1.54) is 22.2 Å². The van der Waals surface area contributed by atoms with E-state index in [4.69, 9.17) is 4.74 Å². The summed E-state index contributed by atoms with van der Waals surface area (Å²) in [7, 11) is 1.63. The van der Waals surface area contributed by atoms with Gasteiger partial charge in [-0.2, -0.15) is 0 Å². The molecule has 1 amide bonds. The van der Waals surface area contributed by atoms with E-state index in [1.54, 1.807) is 13.2 Å². The van der Waals surface area contributed by atoms with Crippen molar-refractivity contribution < 1.29 is 9.53 Å². The number of thiophene rings is 1. The fourth-order valence-electron chi connectivity index (χ4n) is 3.08. The minimum Gasteiger partial charge on any atom is -0.497 e. The summed E-state index contributed by atoms with van der Waals surface area (Å²) >= 11 is 1.34. The van der Waals surface area contributed by atoms with Gasteiger partial charge in [0.1, 0.15) is 17.0 Å². The lowest BCUT2D eigenvalue weighted by molar-refractivity contribution is -0.122. The molecular formula is C19H19N3O3S. The first-order chi connectivity index (χ1) is 12.7. The lowest BCUT2D eigenvalue weighted by Gasteiger charge is -2.19. The molecule has 3 aromatic rings. The Balaban J connectivity index is 1.51. The number of aromatic nitrogens is 2. The van der Waals surface area contributed by atoms with Crippen molar-refractivity contribution in [3.8, 4) is 5.75 Å². The van der Waals surface area contributed by atoms with Crippen molar-refractivity contribution in [2.75, 3.05) is 7.11 Å². The normalized spacial score (nSPS) is 15.0. The molecule has 1 aliphatic rings. The molecule has 4 rings (SSSR count). The number of hydrogen-bond acceptors (Lipinski definition) is 5. The number of amides is 1. The van der Waals surface area contributed by atoms with E-state index in [2.05, 4.69) is 10.3 Å². The van der Waals surface area contributed by atoms with Gasteiger partial charge in [0.05, 0.1) is 25.0 Å². The zero-order chi connectivity index (χ0) is 18.1. The standard InChI is InChI=1S/C19H19N3O3S/c1-25-14-6-4-13(5-7-14)17(12-2-3-12)21-16(23)10-22-11-20-15-8-9-26-18(15)19(22)24/h4-9,11-12,17H,2-3,10H2,1H3,(H,21,23)/t17-/m0/s1. The van der Waals surface area contributed by atoms with Crippen molar-refractivity contribution in [1.29, 1.82) is 0 Å². The number of hydrogen-bond donors (Lipinski definition) is 1. The summed E-state index contributed by atoms with van der Waals surface area (Å²) in [5.41, 5.74) is 1.55. The zero-order valence-corrected chi connectivity index (χ0v) is 15.2. The molecule has 1 saturated carbocycles. The third-order valence-electron chi connectivity index (χ3n) is 4.63. The van der Waals surface area contributed by atoms with Crippen LogP contribution in [0.15, 0.2) is 46.8 Å². The molecule has 1 aromatic carbocycles. The van der Waals surface area contributed by atoms with E-state index in [0.29, 0.717) is 16.1 Å². The third-order valence-corrected chi connectivity index (χ3v) is 5.53. The Labute approximate surface area is 154 Å². The summed E-state index contributed by atoms with van der Waals surface area (Å²) in [5, 5.41) is 4.92. The van der Waals surface area contributed by atoms with E-state index < -0.39 is 0 Å². The maximum absolute atomic E-state index is 12.6. The van der Waals surface area contributed by atoms with Crippen LogP contribution in [-0.4, -0.2) is 22.6 Å². The minimum atomic E-state index is -0.183. The molecule has 0 aliphatic heterocycles. The Morgan fingerprint density at radius 1 is 1.35 bits per heavy atom. The number of nitrogens with one attached hydrogen (secondary N) is 1. The smallest absolute Gasteiger partial charge is 0.271 e. The van der Waals surface area contributed by atoms with Crippen LogP contribution in [-0.2, 0) is 11.3 Å². The molecule has 26 heavy (non-hydrogen) atoms. The van der Waals surface area contributed by atoms with Gasteiger partial charge in [-0.05, 0) is 47.9 Å². The van der Waals surface area contributed by atoms with Gasteiger partial charge in [0.25, 0.3) is 5.56 Å². The maximum Gasteiger partial charge on any atom is 0.271 e. The first-order valence-electron chi connectivity index (χ1n) is 8.51. The second-order valence-electron chi connectivity index (χ2n) is 6.47. The fraction of sp³-hybridized carbons (Fsp3) is 0.316. The largest absolute Gasteiger partial charge is 0.497 e. The highest BCUT2D eigenvalue weighted by Crippen LogP contribution is 2.41. The average Bonchev–Trinajstić information content (AvgIpc) is 3.38. The molecule has 1 atom stereocenters. The molecular weight excluding hydrogens is 350 g/mol. The highest BCUT2D eigenvalue weighted by Gasteiger charge is 2.33. The van der Waals surface area contributed by atoms with E-state index in [1.807, 2.05) is 29.6 Å². The minimum absolute atomic E-state index is 0.0287. The molecule has 2 heterocycles. The summed E-state index contributed by atoms with van der Waals surface area (Å²) in [5.74, 6) is 1.05. The molecule has 1 fully saturated rings. The first-order valence-corrected chi connectivity index (χ1v) is 9.39.